The molecule has 1 aliphatic heterocycles. The lowest BCUT2D eigenvalue weighted by Gasteiger charge is -2.25. The highest BCUT2D eigenvalue weighted by atomic mass is 16.6. The lowest BCUT2D eigenvalue weighted by atomic mass is 10.0. The summed E-state index contributed by atoms with van der Waals surface area (Å²) in [4.78, 5) is 25.8. The normalized spacial score (nSPS) is 20.8. The van der Waals surface area contributed by atoms with Gasteiger partial charge in [0.1, 0.15) is 17.4 Å². The van der Waals surface area contributed by atoms with Crippen LogP contribution in [0.1, 0.15) is 44.2 Å². The van der Waals surface area contributed by atoms with E-state index in [1.54, 1.807) is 32.9 Å². The lowest BCUT2D eigenvalue weighted by molar-refractivity contribution is 0.0271. The number of hydrogen-bond acceptors (Lipinski definition) is 5. The minimum atomic E-state index is -0.757. The maximum Gasteiger partial charge on any atom is 0.420 e. The van der Waals surface area contributed by atoms with Crippen molar-refractivity contribution in [3.63, 3.8) is 0 Å². The third kappa shape index (κ3) is 3.13. The average Bonchev–Trinajstić information content (AvgIpc) is 3.13. The monoisotopic (exact) mass is 329 g/mol. The molecule has 2 amide bonds. The maximum absolute atomic E-state index is 12.5. The minimum Gasteiger partial charge on any atom is -0.467 e. The Hall–Kier alpha value is -2.76. The van der Waals surface area contributed by atoms with Crippen LogP contribution in [0.5, 0.6) is 0 Å². The molecule has 1 aromatic heterocycles. The topological polar surface area (TPSA) is 69.0 Å². The van der Waals surface area contributed by atoms with E-state index in [4.69, 9.17) is 13.9 Å². The van der Waals surface area contributed by atoms with Gasteiger partial charge >= 0.3 is 12.2 Å². The summed E-state index contributed by atoms with van der Waals surface area (Å²) in [6, 6.07) is 11.9. The largest absolute Gasteiger partial charge is 0.467 e. The van der Waals surface area contributed by atoms with Crippen LogP contribution in [-0.4, -0.2) is 22.7 Å². The van der Waals surface area contributed by atoms with Gasteiger partial charge in [-0.1, -0.05) is 30.3 Å². The Morgan fingerprint density at radius 2 is 1.83 bits per heavy atom. The number of carbonyl (C=O) groups excluding carboxylic acids is 2. The molecule has 0 aliphatic carbocycles. The van der Waals surface area contributed by atoms with Gasteiger partial charge in [0.2, 0.25) is 0 Å². The molecular weight excluding hydrogens is 310 g/mol. The predicted octanol–water partition coefficient (Wildman–Crippen LogP) is 4.45. The molecule has 126 valence electrons. The number of benzene rings is 1. The zero-order chi connectivity index (χ0) is 17.3. The molecule has 2 aromatic rings. The minimum absolute atomic E-state index is 0.459. The molecule has 0 bridgehead atoms. The SMILES string of the molecule is CC(C)(C)OC(=O)N1C(=O)O[C@@H](c2ccccc2)[C@@H]1c1ccco1. The average molecular weight is 329 g/mol. The number of cyclic esters (lactones) is 1. The van der Waals surface area contributed by atoms with Crippen molar-refractivity contribution in [2.45, 2.75) is 38.5 Å². The van der Waals surface area contributed by atoms with Crippen LogP contribution in [0.4, 0.5) is 9.59 Å². The van der Waals surface area contributed by atoms with E-state index in [2.05, 4.69) is 0 Å². The summed E-state index contributed by atoms with van der Waals surface area (Å²) in [6.07, 6.45) is -0.669. The van der Waals surface area contributed by atoms with Crippen LogP contribution in [-0.2, 0) is 9.47 Å². The van der Waals surface area contributed by atoms with Crippen LogP contribution in [0.25, 0.3) is 0 Å². The first-order valence-corrected chi connectivity index (χ1v) is 7.68. The smallest absolute Gasteiger partial charge is 0.420 e. The molecule has 1 aromatic carbocycles. The maximum atomic E-state index is 12.5. The van der Waals surface area contributed by atoms with E-state index in [0.717, 1.165) is 10.5 Å². The first kappa shape index (κ1) is 16.1. The van der Waals surface area contributed by atoms with E-state index >= 15 is 0 Å². The molecule has 0 N–H and O–H groups in total. The second-order valence-electron chi connectivity index (χ2n) is 6.53. The van der Waals surface area contributed by atoms with Crippen molar-refractivity contribution in [1.29, 1.82) is 0 Å². The number of furan rings is 1. The molecule has 1 saturated heterocycles. The summed E-state index contributed by atoms with van der Waals surface area (Å²) < 4.78 is 16.3. The van der Waals surface area contributed by atoms with Crippen LogP contribution in [0.2, 0.25) is 0 Å². The molecular formula is C18H19NO5. The van der Waals surface area contributed by atoms with E-state index in [-0.39, 0.29) is 0 Å². The van der Waals surface area contributed by atoms with Gasteiger partial charge in [-0.2, -0.15) is 4.90 Å². The molecule has 0 radical (unpaired) electrons. The molecule has 6 heteroatoms. The molecule has 1 aliphatic rings. The molecule has 2 atom stereocenters. The van der Waals surface area contributed by atoms with Crippen LogP contribution >= 0.6 is 0 Å². The Labute approximate surface area is 140 Å². The van der Waals surface area contributed by atoms with Crippen LogP contribution in [0.15, 0.2) is 53.1 Å². The number of carbonyl (C=O) groups is 2. The van der Waals surface area contributed by atoms with E-state index in [9.17, 15) is 9.59 Å². The van der Waals surface area contributed by atoms with E-state index < -0.39 is 29.9 Å². The standard InChI is InChI=1S/C18H19NO5/c1-18(2,3)24-17(21)19-14(13-10-7-11-22-13)15(23-16(19)20)12-8-5-4-6-9-12/h4-11,14-15H,1-3H3/t14-,15-/m0/s1. The number of imide groups is 1. The summed E-state index contributed by atoms with van der Waals surface area (Å²) in [5, 5.41) is 0. The Bertz CT molecular complexity index is 718. The van der Waals surface area contributed by atoms with Gasteiger partial charge in [-0.15, -0.1) is 0 Å². The third-order valence-electron chi connectivity index (χ3n) is 3.54. The van der Waals surface area contributed by atoms with E-state index in [1.165, 1.54) is 6.26 Å². The highest BCUT2D eigenvalue weighted by Crippen LogP contribution is 2.43. The second kappa shape index (κ2) is 6.03. The number of amides is 2. The number of ether oxygens (including phenoxy) is 2. The first-order chi connectivity index (χ1) is 11.4. The third-order valence-corrected chi connectivity index (χ3v) is 3.54. The molecule has 2 heterocycles. The number of nitrogens with zero attached hydrogens (tertiary/aromatic N) is 1. The molecule has 24 heavy (non-hydrogen) atoms. The molecule has 0 unspecified atom stereocenters. The zero-order valence-corrected chi connectivity index (χ0v) is 13.8. The van der Waals surface area contributed by atoms with E-state index in [0.29, 0.717) is 5.76 Å². The fraction of sp³-hybridized carbons (Fsp3) is 0.333. The number of rotatable bonds is 2. The van der Waals surface area contributed by atoms with Gasteiger partial charge in [0.05, 0.1) is 6.26 Å². The molecule has 0 spiro atoms. The van der Waals surface area contributed by atoms with Gasteiger partial charge < -0.3 is 13.9 Å². The second-order valence-corrected chi connectivity index (χ2v) is 6.53. The lowest BCUT2D eigenvalue weighted by Crippen LogP contribution is -2.39. The van der Waals surface area contributed by atoms with Gasteiger partial charge in [0.25, 0.3) is 0 Å². The van der Waals surface area contributed by atoms with Gasteiger partial charge in [0.15, 0.2) is 6.10 Å². The van der Waals surface area contributed by atoms with Crippen molar-refractivity contribution in [3.8, 4) is 0 Å². The Kier molecular flexibility index (Phi) is 4.05. The summed E-state index contributed by atoms with van der Waals surface area (Å²) in [5.41, 5.74) is 0.0499. The van der Waals surface area contributed by atoms with Crippen molar-refractivity contribution < 1.29 is 23.5 Å². The summed E-state index contributed by atoms with van der Waals surface area (Å²) >= 11 is 0. The fourth-order valence-corrected chi connectivity index (χ4v) is 2.61. The molecule has 6 nitrogen and oxygen atoms in total. The van der Waals surface area contributed by atoms with Crippen molar-refractivity contribution in [2.24, 2.45) is 0 Å². The molecule has 1 fully saturated rings. The Morgan fingerprint density at radius 3 is 2.42 bits per heavy atom. The summed E-state index contributed by atoms with van der Waals surface area (Å²) in [5.74, 6) is 0.459. The summed E-state index contributed by atoms with van der Waals surface area (Å²) in [7, 11) is 0. The Morgan fingerprint density at radius 1 is 1.12 bits per heavy atom. The predicted molar refractivity (Wildman–Crippen MR) is 85.2 cm³/mol. The van der Waals surface area contributed by atoms with Gasteiger partial charge in [-0.25, -0.2) is 9.59 Å². The van der Waals surface area contributed by atoms with Crippen molar-refractivity contribution in [2.75, 3.05) is 0 Å². The van der Waals surface area contributed by atoms with Gasteiger partial charge in [-0.3, -0.25) is 0 Å². The van der Waals surface area contributed by atoms with Crippen LogP contribution in [0, 0.1) is 0 Å². The Balaban J connectivity index is 1.98. The summed E-state index contributed by atoms with van der Waals surface area (Å²) in [6.45, 7) is 5.22. The van der Waals surface area contributed by atoms with Crippen molar-refractivity contribution in [1.82, 2.24) is 4.90 Å². The molecule has 3 rings (SSSR count). The quantitative estimate of drug-likeness (QED) is 0.814. The molecule has 0 saturated carbocycles. The first-order valence-electron chi connectivity index (χ1n) is 7.68. The fourth-order valence-electron chi connectivity index (χ4n) is 2.61. The van der Waals surface area contributed by atoms with Crippen LogP contribution < -0.4 is 0 Å². The van der Waals surface area contributed by atoms with Gasteiger partial charge in [0, 0.05) is 0 Å². The number of hydrogen-bond donors (Lipinski definition) is 0. The van der Waals surface area contributed by atoms with Gasteiger partial charge in [-0.05, 0) is 38.5 Å². The van der Waals surface area contributed by atoms with Crippen molar-refractivity contribution in [3.05, 3.63) is 60.1 Å². The van der Waals surface area contributed by atoms with E-state index in [1.807, 2.05) is 30.3 Å². The zero-order valence-electron chi connectivity index (χ0n) is 13.8. The highest BCUT2D eigenvalue weighted by molar-refractivity contribution is 5.90. The van der Waals surface area contributed by atoms with Crippen LogP contribution in [0.3, 0.4) is 0 Å². The highest BCUT2D eigenvalue weighted by Gasteiger charge is 2.50. The van der Waals surface area contributed by atoms with Crippen molar-refractivity contribution >= 4 is 12.2 Å².